The lowest BCUT2D eigenvalue weighted by Crippen LogP contribution is -2.56. The van der Waals surface area contributed by atoms with E-state index in [1.54, 1.807) is 23.0 Å². The van der Waals surface area contributed by atoms with Crippen molar-refractivity contribution >= 4 is 5.97 Å². The second-order valence-electron chi connectivity index (χ2n) is 8.53. The van der Waals surface area contributed by atoms with Crippen molar-refractivity contribution in [2.45, 2.75) is 32.3 Å². The van der Waals surface area contributed by atoms with Crippen molar-refractivity contribution in [3.05, 3.63) is 70.0 Å². The van der Waals surface area contributed by atoms with E-state index in [0.29, 0.717) is 36.6 Å². The fraction of sp³-hybridized carbons (Fsp3) is 0.333. The molecule has 3 aromatic rings. The molecule has 0 bridgehead atoms. The summed E-state index contributed by atoms with van der Waals surface area (Å²) in [5.41, 5.74) is 11.5. The van der Waals surface area contributed by atoms with Gasteiger partial charge in [-0.3, -0.25) is 10.2 Å². The predicted octanol–water partition coefficient (Wildman–Crippen LogP) is 1.56. The molecule has 0 saturated carbocycles. The standard InChI is InChI=1S/C24H25N7O3/c1-14-17(4-5-18-19(14)13-34-24(18)32)20-11-30(12-21(26)28-20)9-15-8-27-31(10-15)22-6-3-16(7-25)23(29-22)33-2/h3-6,8,10,20-21,28H,9,11-13,26H2,1-2H3/t20-,21+/m0/s1. The van der Waals surface area contributed by atoms with Crippen LogP contribution in [0.3, 0.4) is 0 Å². The fourth-order valence-corrected chi connectivity index (χ4v) is 4.66. The van der Waals surface area contributed by atoms with Gasteiger partial charge in [0, 0.05) is 43.0 Å². The summed E-state index contributed by atoms with van der Waals surface area (Å²) in [5, 5.41) is 17.1. The molecule has 0 aliphatic carbocycles. The molecule has 0 spiro atoms. The zero-order valence-corrected chi connectivity index (χ0v) is 19.0. The molecule has 1 aromatic carbocycles. The van der Waals surface area contributed by atoms with Crippen molar-refractivity contribution in [1.29, 1.82) is 5.26 Å². The number of aromatic nitrogens is 3. The van der Waals surface area contributed by atoms with E-state index in [0.717, 1.165) is 28.8 Å². The first-order valence-corrected chi connectivity index (χ1v) is 11.0. The Labute approximate surface area is 196 Å². The summed E-state index contributed by atoms with van der Waals surface area (Å²) < 4.78 is 12.1. The summed E-state index contributed by atoms with van der Waals surface area (Å²) in [7, 11) is 1.49. The first-order chi connectivity index (χ1) is 16.5. The van der Waals surface area contributed by atoms with Gasteiger partial charge in [-0.25, -0.2) is 9.48 Å². The van der Waals surface area contributed by atoms with Gasteiger partial charge in [-0.1, -0.05) is 6.07 Å². The van der Waals surface area contributed by atoms with E-state index < -0.39 is 0 Å². The van der Waals surface area contributed by atoms with Crippen LogP contribution in [0, 0.1) is 18.3 Å². The van der Waals surface area contributed by atoms with E-state index in [1.165, 1.54) is 7.11 Å². The van der Waals surface area contributed by atoms with Crippen LogP contribution in [-0.4, -0.2) is 52.0 Å². The van der Waals surface area contributed by atoms with Gasteiger partial charge in [0.15, 0.2) is 5.82 Å². The van der Waals surface area contributed by atoms with Gasteiger partial charge in [0.25, 0.3) is 0 Å². The van der Waals surface area contributed by atoms with E-state index in [4.69, 9.17) is 20.5 Å². The predicted molar refractivity (Wildman–Crippen MR) is 122 cm³/mol. The molecule has 0 amide bonds. The summed E-state index contributed by atoms with van der Waals surface area (Å²) in [5.74, 6) is 0.582. The fourth-order valence-electron chi connectivity index (χ4n) is 4.66. The molecular weight excluding hydrogens is 434 g/mol. The van der Waals surface area contributed by atoms with Crippen LogP contribution in [0.15, 0.2) is 36.7 Å². The number of cyclic esters (lactones) is 1. The first kappa shape index (κ1) is 22.0. The number of esters is 1. The Hall–Kier alpha value is -3.78. The van der Waals surface area contributed by atoms with Gasteiger partial charge >= 0.3 is 5.97 Å². The Morgan fingerprint density at radius 3 is 2.97 bits per heavy atom. The quantitative estimate of drug-likeness (QED) is 0.546. The van der Waals surface area contributed by atoms with Crippen molar-refractivity contribution in [1.82, 2.24) is 25.0 Å². The van der Waals surface area contributed by atoms with Crippen molar-refractivity contribution in [2.24, 2.45) is 5.73 Å². The SMILES string of the molecule is COc1nc(-n2cc(CN3C[C@@H](c4ccc5c(c4C)COC5=O)N[C@@H](N)C3)cn2)ccc1C#N. The number of benzene rings is 1. The highest BCUT2D eigenvalue weighted by Gasteiger charge is 2.30. The number of pyridine rings is 1. The number of carbonyl (C=O) groups excluding carboxylic acids is 1. The number of hydrogen-bond donors (Lipinski definition) is 2. The molecule has 2 aliphatic heterocycles. The maximum Gasteiger partial charge on any atom is 0.338 e. The lowest BCUT2D eigenvalue weighted by Gasteiger charge is -2.38. The summed E-state index contributed by atoms with van der Waals surface area (Å²) in [6.45, 7) is 4.48. The Morgan fingerprint density at radius 2 is 2.18 bits per heavy atom. The van der Waals surface area contributed by atoms with Crippen LogP contribution in [0.25, 0.3) is 5.82 Å². The minimum Gasteiger partial charge on any atom is -0.480 e. The Bertz CT molecular complexity index is 1300. The minimum absolute atomic E-state index is 0.0317. The Balaban J connectivity index is 1.33. The molecule has 2 aromatic heterocycles. The van der Waals surface area contributed by atoms with Gasteiger partial charge in [-0.2, -0.15) is 15.3 Å². The van der Waals surface area contributed by atoms with Gasteiger partial charge in [0.2, 0.25) is 5.88 Å². The van der Waals surface area contributed by atoms with Crippen molar-refractivity contribution in [2.75, 3.05) is 20.2 Å². The van der Waals surface area contributed by atoms with Crippen LogP contribution >= 0.6 is 0 Å². The number of nitrogens with one attached hydrogen (secondary N) is 1. The molecule has 2 aliphatic rings. The largest absolute Gasteiger partial charge is 0.480 e. The average Bonchev–Trinajstić information content (AvgIpc) is 3.45. The number of nitrogens with zero attached hydrogens (tertiary/aromatic N) is 5. The molecule has 4 heterocycles. The Morgan fingerprint density at radius 1 is 1.32 bits per heavy atom. The maximum absolute atomic E-state index is 11.9. The zero-order chi connectivity index (χ0) is 23.8. The van der Waals surface area contributed by atoms with Crippen LogP contribution in [0.2, 0.25) is 0 Å². The van der Waals surface area contributed by atoms with Crippen LogP contribution in [0.5, 0.6) is 5.88 Å². The number of fused-ring (bicyclic) bond motifs is 1. The molecule has 3 N–H and O–H groups in total. The zero-order valence-electron chi connectivity index (χ0n) is 19.0. The van der Waals surface area contributed by atoms with E-state index in [1.807, 2.05) is 25.3 Å². The van der Waals surface area contributed by atoms with Crippen molar-refractivity contribution in [3.8, 4) is 17.8 Å². The van der Waals surface area contributed by atoms with Gasteiger partial charge < -0.3 is 15.2 Å². The first-order valence-electron chi connectivity index (χ1n) is 11.0. The number of rotatable bonds is 5. The lowest BCUT2D eigenvalue weighted by atomic mass is 9.93. The number of hydrogen-bond acceptors (Lipinski definition) is 9. The summed E-state index contributed by atoms with van der Waals surface area (Å²) in [4.78, 5) is 18.5. The number of nitrogens with two attached hydrogens (primary N) is 1. The van der Waals surface area contributed by atoms with Crippen LogP contribution in [0.1, 0.15) is 44.2 Å². The van der Waals surface area contributed by atoms with Crippen molar-refractivity contribution < 1.29 is 14.3 Å². The number of carbonyl (C=O) groups is 1. The molecular formula is C24H25N7O3. The number of ether oxygens (including phenoxy) is 2. The van der Waals surface area contributed by atoms with E-state index in [-0.39, 0.29) is 24.1 Å². The molecule has 10 nitrogen and oxygen atoms in total. The summed E-state index contributed by atoms with van der Waals surface area (Å²) >= 11 is 0. The van der Waals surface area contributed by atoms with Gasteiger partial charge in [-0.15, -0.1) is 0 Å². The second-order valence-corrected chi connectivity index (χ2v) is 8.53. The molecule has 0 radical (unpaired) electrons. The third-order valence-electron chi connectivity index (χ3n) is 6.33. The topological polar surface area (TPSA) is 131 Å². The summed E-state index contributed by atoms with van der Waals surface area (Å²) in [6, 6.07) is 9.34. The molecule has 10 heteroatoms. The number of nitriles is 1. The highest BCUT2D eigenvalue weighted by atomic mass is 16.5. The van der Waals surface area contributed by atoms with Gasteiger partial charge in [-0.05, 0) is 36.2 Å². The van der Waals surface area contributed by atoms with Crippen molar-refractivity contribution in [3.63, 3.8) is 0 Å². The molecule has 174 valence electrons. The lowest BCUT2D eigenvalue weighted by molar-refractivity contribution is 0.0535. The van der Waals surface area contributed by atoms with E-state index in [9.17, 15) is 4.79 Å². The molecule has 1 saturated heterocycles. The second kappa shape index (κ2) is 8.87. The smallest absolute Gasteiger partial charge is 0.338 e. The van der Waals surface area contributed by atoms with Crippen LogP contribution in [0.4, 0.5) is 0 Å². The average molecular weight is 460 g/mol. The summed E-state index contributed by atoms with van der Waals surface area (Å²) in [6.07, 6.45) is 3.53. The van der Waals surface area contributed by atoms with Crippen LogP contribution in [-0.2, 0) is 17.9 Å². The van der Waals surface area contributed by atoms with E-state index in [2.05, 4.69) is 26.4 Å². The normalized spacial score (nSPS) is 20.0. The van der Waals surface area contributed by atoms with Crippen LogP contribution < -0.4 is 15.8 Å². The molecule has 2 atom stereocenters. The monoisotopic (exact) mass is 459 g/mol. The maximum atomic E-state index is 11.9. The highest BCUT2D eigenvalue weighted by molar-refractivity contribution is 5.94. The molecule has 5 rings (SSSR count). The van der Waals surface area contributed by atoms with Gasteiger partial charge in [0.05, 0.1) is 25.0 Å². The number of methoxy groups -OCH3 is 1. The van der Waals surface area contributed by atoms with Gasteiger partial charge in [0.1, 0.15) is 18.2 Å². The van der Waals surface area contributed by atoms with E-state index >= 15 is 0 Å². The Kier molecular flexibility index (Phi) is 5.75. The molecule has 0 unspecified atom stereocenters. The minimum atomic E-state index is -0.258. The third kappa shape index (κ3) is 4.01. The third-order valence-corrected chi connectivity index (χ3v) is 6.33. The highest BCUT2D eigenvalue weighted by Crippen LogP contribution is 2.31. The number of piperazine rings is 1. The molecule has 34 heavy (non-hydrogen) atoms. The molecule has 1 fully saturated rings.